The standard InChI is InChI=1S/C20H18ClNO4/c21-16-3-1-13(2-4-16)17(23)5-6-20(24)22-8-7-14-9-18-19(26-12-25-18)10-15(14)11-22/h1-4,9-10H,5-8,11-12H2. The number of fused-ring (bicyclic) bond motifs is 2. The van der Waals surface area contributed by atoms with E-state index in [2.05, 4.69) is 0 Å². The maximum absolute atomic E-state index is 12.5. The highest BCUT2D eigenvalue weighted by molar-refractivity contribution is 6.30. The van der Waals surface area contributed by atoms with Gasteiger partial charge in [0.05, 0.1) is 0 Å². The Kier molecular flexibility index (Phi) is 4.55. The number of halogens is 1. The van der Waals surface area contributed by atoms with Crippen LogP contribution in [0.1, 0.15) is 34.3 Å². The fourth-order valence-corrected chi connectivity index (χ4v) is 3.44. The first-order chi connectivity index (χ1) is 12.6. The smallest absolute Gasteiger partial charge is 0.231 e. The van der Waals surface area contributed by atoms with E-state index < -0.39 is 0 Å². The molecule has 4 rings (SSSR count). The minimum Gasteiger partial charge on any atom is -0.454 e. The van der Waals surface area contributed by atoms with Crippen LogP contribution >= 0.6 is 11.6 Å². The Morgan fingerprint density at radius 1 is 1.00 bits per heavy atom. The summed E-state index contributed by atoms with van der Waals surface area (Å²) in [5.41, 5.74) is 2.85. The lowest BCUT2D eigenvalue weighted by Crippen LogP contribution is -2.36. The number of carbonyl (C=O) groups excluding carboxylic acids is 2. The van der Waals surface area contributed by atoms with Crippen molar-refractivity contribution >= 4 is 23.3 Å². The highest BCUT2D eigenvalue weighted by Gasteiger charge is 2.25. The van der Waals surface area contributed by atoms with Crippen LogP contribution in [0.5, 0.6) is 11.5 Å². The molecule has 2 aromatic carbocycles. The van der Waals surface area contributed by atoms with Crippen molar-refractivity contribution < 1.29 is 19.1 Å². The van der Waals surface area contributed by atoms with Crippen molar-refractivity contribution in [1.29, 1.82) is 0 Å². The third-order valence-electron chi connectivity index (χ3n) is 4.79. The maximum atomic E-state index is 12.5. The molecule has 0 saturated heterocycles. The maximum Gasteiger partial charge on any atom is 0.231 e. The number of ketones is 1. The van der Waals surface area contributed by atoms with Crippen LogP contribution in [0.25, 0.3) is 0 Å². The molecule has 0 spiro atoms. The van der Waals surface area contributed by atoms with Crippen molar-refractivity contribution in [3.63, 3.8) is 0 Å². The fraction of sp³-hybridized carbons (Fsp3) is 0.300. The molecule has 5 nitrogen and oxygen atoms in total. The second kappa shape index (κ2) is 7.00. The van der Waals surface area contributed by atoms with Crippen LogP contribution in [-0.4, -0.2) is 29.9 Å². The van der Waals surface area contributed by atoms with Gasteiger partial charge in [-0.25, -0.2) is 0 Å². The van der Waals surface area contributed by atoms with Crippen molar-refractivity contribution in [2.45, 2.75) is 25.8 Å². The Bertz CT molecular complexity index is 863. The Labute approximate surface area is 156 Å². The Morgan fingerprint density at radius 3 is 2.42 bits per heavy atom. The lowest BCUT2D eigenvalue weighted by Gasteiger charge is -2.29. The largest absolute Gasteiger partial charge is 0.454 e. The summed E-state index contributed by atoms with van der Waals surface area (Å²) in [7, 11) is 0. The van der Waals surface area contributed by atoms with E-state index >= 15 is 0 Å². The van der Waals surface area contributed by atoms with Crippen LogP contribution in [0.3, 0.4) is 0 Å². The molecule has 6 heteroatoms. The third kappa shape index (κ3) is 3.40. The molecule has 134 valence electrons. The molecule has 1 amide bonds. The van der Waals surface area contributed by atoms with E-state index in [0.29, 0.717) is 23.7 Å². The van der Waals surface area contributed by atoms with E-state index in [-0.39, 0.29) is 31.3 Å². The van der Waals surface area contributed by atoms with Crippen molar-refractivity contribution in [3.05, 3.63) is 58.1 Å². The van der Waals surface area contributed by atoms with Gasteiger partial charge in [0.25, 0.3) is 0 Å². The van der Waals surface area contributed by atoms with Crippen LogP contribution in [-0.2, 0) is 17.8 Å². The molecule has 0 radical (unpaired) electrons. The number of amides is 1. The van der Waals surface area contributed by atoms with Gasteiger partial charge in [-0.1, -0.05) is 11.6 Å². The van der Waals surface area contributed by atoms with E-state index in [4.69, 9.17) is 21.1 Å². The van der Waals surface area contributed by atoms with Crippen LogP contribution in [0.4, 0.5) is 0 Å². The zero-order chi connectivity index (χ0) is 18.1. The topological polar surface area (TPSA) is 55.8 Å². The molecule has 0 unspecified atom stereocenters. The predicted octanol–water partition coefficient (Wildman–Crippen LogP) is 3.62. The van der Waals surface area contributed by atoms with Gasteiger partial charge in [-0.2, -0.15) is 0 Å². The first-order valence-corrected chi connectivity index (χ1v) is 8.96. The summed E-state index contributed by atoms with van der Waals surface area (Å²) in [6.45, 7) is 1.44. The van der Waals surface area contributed by atoms with Gasteiger partial charge >= 0.3 is 0 Å². The first-order valence-electron chi connectivity index (χ1n) is 8.58. The van der Waals surface area contributed by atoms with Crippen LogP contribution in [0.2, 0.25) is 5.02 Å². The van der Waals surface area contributed by atoms with E-state index in [1.165, 1.54) is 5.56 Å². The number of carbonyl (C=O) groups is 2. The number of nitrogens with zero attached hydrogens (tertiary/aromatic N) is 1. The summed E-state index contributed by atoms with van der Waals surface area (Å²) in [6.07, 6.45) is 1.19. The predicted molar refractivity (Wildman–Crippen MR) is 96.7 cm³/mol. The van der Waals surface area contributed by atoms with E-state index in [9.17, 15) is 9.59 Å². The second-order valence-corrected chi connectivity index (χ2v) is 6.91. The van der Waals surface area contributed by atoms with Crippen molar-refractivity contribution in [1.82, 2.24) is 4.90 Å². The Balaban J connectivity index is 1.37. The number of benzene rings is 2. The molecule has 26 heavy (non-hydrogen) atoms. The summed E-state index contributed by atoms with van der Waals surface area (Å²) in [6, 6.07) is 10.7. The SMILES string of the molecule is O=C(CCC(=O)N1CCc2cc3c(cc2C1)OCO3)c1ccc(Cl)cc1. The zero-order valence-electron chi connectivity index (χ0n) is 14.2. The summed E-state index contributed by atoms with van der Waals surface area (Å²) < 4.78 is 10.8. The van der Waals surface area contributed by atoms with E-state index in [1.54, 1.807) is 29.2 Å². The monoisotopic (exact) mass is 371 g/mol. The van der Waals surface area contributed by atoms with Gasteiger partial charge < -0.3 is 14.4 Å². The zero-order valence-corrected chi connectivity index (χ0v) is 14.9. The Morgan fingerprint density at radius 2 is 1.69 bits per heavy atom. The highest BCUT2D eigenvalue weighted by atomic mass is 35.5. The lowest BCUT2D eigenvalue weighted by atomic mass is 9.98. The molecule has 2 heterocycles. The van der Waals surface area contributed by atoms with Gasteiger partial charge in [-0.3, -0.25) is 9.59 Å². The molecule has 0 fully saturated rings. The normalized spacial score (nSPS) is 14.9. The molecule has 0 aliphatic carbocycles. The Hall–Kier alpha value is -2.53. The molecule has 0 saturated carbocycles. The number of hydrogen-bond donors (Lipinski definition) is 0. The number of Topliss-reactive ketones (excluding diaryl/α,β-unsaturated/α-hetero) is 1. The van der Waals surface area contributed by atoms with E-state index in [0.717, 1.165) is 23.5 Å². The number of hydrogen-bond acceptors (Lipinski definition) is 4. The van der Waals surface area contributed by atoms with Crippen LogP contribution in [0, 0.1) is 0 Å². The van der Waals surface area contributed by atoms with Crippen LogP contribution < -0.4 is 9.47 Å². The summed E-state index contributed by atoms with van der Waals surface area (Å²) >= 11 is 5.83. The van der Waals surface area contributed by atoms with Crippen molar-refractivity contribution in [2.75, 3.05) is 13.3 Å². The average Bonchev–Trinajstić information content (AvgIpc) is 3.11. The molecule has 0 N–H and O–H groups in total. The highest BCUT2D eigenvalue weighted by Crippen LogP contribution is 2.36. The molecule has 2 aliphatic heterocycles. The summed E-state index contributed by atoms with van der Waals surface area (Å²) in [4.78, 5) is 26.6. The van der Waals surface area contributed by atoms with Gasteiger partial charge in [-0.05, 0) is 53.9 Å². The van der Waals surface area contributed by atoms with Gasteiger partial charge in [0.1, 0.15) is 0 Å². The van der Waals surface area contributed by atoms with E-state index in [1.807, 2.05) is 12.1 Å². The van der Waals surface area contributed by atoms with Gasteiger partial charge in [0.2, 0.25) is 12.7 Å². The first kappa shape index (κ1) is 16.9. The van der Waals surface area contributed by atoms with Gasteiger partial charge in [-0.15, -0.1) is 0 Å². The number of rotatable bonds is 4. The third-order valence-corrected chi connectivity index (χ3v) is 5.04. The molecule has 2 aromatic rings. The molecular formula is C20H18ClNO4. The quantitative estimate of drug-likeness (QED) is 0.770. The molecular weight excluding hydrogens is 354 g/mol. The number of ether oxygens (including phenoxy) is 2. The second-order valence-electron chi connectivity index (χ2n) is 6.47. The molecule has 0 bridgehead atoms. The average molecular weight is 372 g/mol. The molecule has 0 atom stereocenters. The summed E-state index contributed by atoms with van der Waals surface area (Å²) in [5, 5.41) is 0.588. The van der Waals surface area contributed by atoms with Gasteiger partial charge in [0.15, 0.2) is 17.3 Å². The molecule has 2 aliphatic rings. The van der Waals surface area contributed by atoms with Crippen LogP contribution in [0.15, 0.2) is 36.4 Å². The van der Waals surface area contributed by atoms with Gasteiger partial charge in [0, 0.05) is 36.5 Å². The fourth-order valence-electron chi connectivity index (χ4n) is 3.32. The molecule has 0 aromatic heterocycles. The lowest BCUT2D eigenvalue weighted by molar-refractivity contribution is -0.132. The minimum absolute atomic E-state index is 0.00405. The van der Waals surface area contributed by atoms with Crippen molar-refractivity contribution in [2.24, 2.45) is 0 Å². The summed E-state index contributed by atoms with van der Waals surface area (Å²) in [5.74, 6) is 1.46. The van der Waals surface area contributed by atoms with Crippen molar-refractivity contribution in [3.8, 4) is 11.5 Å². The minimum atomic E-state index is -0.0456.